The number of hydrogen-bond donors (Lipinski definition) is 1. The van der Waals surface area contributed by atoms with Crippen molar-refractivity contribution in [1.29, 1.82) is 0 Å². The highest BCUT2D eigenvalue weighted by Gasteiger charge is 2.35. The third kappa shape index (κ3) is 3.74. The van der Waals surface area contributed by atoms with Crippen LogP contribution < -0.4 is 15.3 Å². The molecule has 6 nitrogen and oxygen atoms in total. The zero-order valence-electron chi connectivity index (χ0n) is 14.6. The van der Waals surface area contributed by atoms with E-state index in [1.807, 2.05) is 32.0 Å². The van der Waals surface area contributed by atoms with E-state index in [-0.39, 0.29) is 23.8 Å². The largest absolute Gasteiger partial charge is 0.545 e. The van der Waals surface area contributed by atoms with E-state index in [2.05, 4.69) is 5.32 Å². The highest BCUT2D eigenvalue weighted by molar-refractivity contribution is 6.03. The molecular weight excluding hydrogens is 332 g/mol. The van der Waals surface area contributed by atoms with E-state index in [0.29, 0.717) is 12.2 Å². The number of amides is 2. The van der Waals surface area contributed by atoms with Crippen LogP contribution in [0.25, 0.3) is 0 Å². The third-order valence-electron chi connectivity index (χ3n) is 4.40. The topological polar surface area (TPSA) is 89.5 Å². The molecule has 0 bridgehead atoms. The Hall–Kier alpha value is -3.15. The van der Waals surface area contributed by atoms with Crippen LogP contribution in [0.1, 0.15) is 27.9 Å². The molecule has 0 saturated carbocycles. The zero-order chi connectivity index (χ0) is 18.8. The number of benzene rings is 2. The molecule has 1 N–H and O–H groups in total. The van der Waals surface area contributed by atoms with Crippen LogP contribution in [0.15, 0.2) is 42.5 Å². The summed E-state index contributed by atoms with van der Waals surface area (Å²) in [6.45, 7) is 4.26. The fraction of sp³-hybridized carbons (Fsp3) is 0.250. The van der Waals surface area contributed by atoms with E-state index in [1.54, 1.807) is 4.90 Å². The van der Waals surface area contributed by atoms with Gasteiger partial charge in [-0.15, -0.1) is 0 Å². The van der Waals surface area contributed by atoms with Crippen LogP contribution in [0, 0.1) is 19.8 Å². The minimum atomic E-state index is -1.27. The molecule has 1 fully saturated rings. The first-order valence-electron chi connectivity index (χ1n) is 8.34. The van der Waals surface area contributed by atoms with Crippen molar-refractivity contribution in [3.05, 3.63) is 59.2 Å². The van der Waals surface area contributed by atoms with Crippen molar-refractivity contribution in [2.45, 2.75) is 20.3 Å². The molecule has 1 heterocycles. The number of nitrogens with zero attached hydrogens (tertiary/aromatic N) is 1. The minimum Gasteiger partial charge on any atom is -0.545 e. The summed E-state index contributed by atoms with van der Waals surface area (Å²) in [6, 6.07) is 11.6. The number of carboxylic acids is 1. The molecule has 3 rings (SSSR count). The lowest BCUT2D eigenvalue weighted by Crippen LogP contribution is -2.28. The molecule has 134 valence electrons. The summed E-state index contributed by atoms with van der Waals surface area (Å²) in [6.07, 6.45) is 0.149. The maximum absolute atomic E-state index is 12.5. The number of aryl methyl sites for hydroxylation is 2. The van der Waals surface area contributed by atoms with Gasteiger partial charge >= 0.3 is 0 Å². The van der Waals surface area contributed by atoms with E-state index < -0.39 is 11.9 Å². The second-order valence-corrected chi connectivity index (χ2v) is 6.61. The van der Waals surface area contributed by atoms with Crippen molar-refractivity contribution in [2.75, 3.05) is 16.8 Å². The number of aromatic carboxylic acids is 1. The summed E-state index contributed by atoms with van der Waals surface area (Å²) in [5, 5.41) is 13.5. The number of carbonyl (C=O) groups is 3. The molecule has 0 unspecified atom stereocenters. The number of nitrogens with one attached hydrogen (secondary N) is 1. The molecule has 1 saturated heterocycles. The van der Waals surface area contributed by atoms with Gasteiger partial charge in [0, 0.05) is 24.3 Å². The molecule has 0 radical (unpaired) electrons. The lowest BCUT2D eigenvalue weighted by Gasteiger charge is -2.18. The van der Waals surface area contributed by atoms with Crippen molar-refractivity contribution in [1.82, 2.24) is 0 Å². The molecule has 2 aromatic rings. The Bertz CT molecular complexity index is 854. The molecule has 0 aromatic heterocycles. The number of anilines is 2. The van der Waals surface area contributed by atoms with Crippen molar-refractivity contribution in [3.63, 3.8) is 0 Å². The van der Waals surface area contributed by atoms with Crippen LogP contribution in [0.4, 0.5) is 11.4 Å². The van der Waals surface area contributed by atoms with E-state index in [4.69, 9.17) is 0 Å². The number of rotatable bonds is 4. The van der Waals surface area contributed by atoms with E-state index in [1.165, 1.54) is 24.3 Å². The molecule has 0 aliphatic carbocycles. The molecular formula is C20H19N2O4-. The van der Waals surface area contributed by atoms with E-state index >= 15 is 0 Å². The summed E-state index contributed by atoms with van der Waals surface area (Å²) in [5.74, 6) is -2.06. The highest BCUT2D eigenvalue weighted by Crippen LogP contribution is 2.27. The van der Waals surface area contributed by atoms with Gasteiger partial charge in [0.2, 0.25) is 11.8 Å². The molecule has 2 aromatic carbocycles. The SMILES string of the molecule is Cc1cc(C)cc(N2C[C@@H](C(=O)Nc3ccc(C(=O)[O-])cc3)CC2=O)c1. The second kappa shape index (κ2) is 7.00. The lowest BCUT2D eigenvalue weighted by atomic mass is 10.1. The van der Waals surface area contributed by atoms with Crippen molar-refractivity contribution >= 4 is 29.2 Å². The summed E-state index contributed by atoms with van der Waals surface area (Å²) < 4.78 is 0. The Morgan fingerprint density at radius 2 is 1.69 bits per heavy atom. The predicted octanol–water partition coefficient (Wildman–Crippen LogP) is 1.66. The molecule has 2 amide bonds. The van der Waals surface area contributed by atoms with Crippen LogP contribution in [0.2, 0.25) is 0 Å². The van der Waals surface area contributed by atoms with Gasteiger partial charge in [-0.25, -0.2) is 0 Å². The van der Waals surface area contributed by atoms with Gasteiger partial charge < -0.3 is 20.1 Å². The van der Waals surface area contributed by atoms with Crippen molar-refractivity contribution in [3.8, 4) is 0 Å². The van der Waals surface area contributed by atoms with E-state index in [0.717, 1.165) is 16.8 Å². The maximum atomic E-state index is 12.5. The van der Waals surface area contributed by atoms with Crippen LogP contribution in [-0.2, 0) is 9.59 Å². The first-order valence-corrected chi connectivity index (χ1v) is 8.34. The fourth-order valence-electron chi connectivity index (χ4n) is 3.17. The zero-order valence-corrected chi connectivity index (χ0v) is 14.6. The third-order valence-corrected chi connectivity index (χ3v) is 4.40. The molecule has 1 atom stereocenters. The first-order chi connectivity index (χ1) is 12.3. The molecule has 1 aliphatic rings. The average Bonchev–Trinajstić information content (AvgIpc) is 2.96. The van der Waals surface area contributed by atoms with Gasteiger partial charge in [-0.2, -0.15) is 0 Å². The van der Waals surface area contributed by atoms with Gasteiger partial charge in [-0.05, 0) is 54.8 Å². The Morgan fingerprint density at radius 3 is 2.27 bits per heavy atom. The summed E-state index contributed by atoms with van der Waals surface area (Å²) >= 11 is 0. The molecule has 1 aliphatic heterocycles. The van der Waals surface area contributed by atoms with Crippen LogP contribution in [0.5, 0.6) is 0 Å². The van der Waals surface area contributed by atoms with Gasteiger partial charge in [0.05, 0.1) is 11.9 Å². The van der Waals surface area contributed by atoms with E-state index in [9.17, 15) is 19.5 Å². The summed E-state index contributed by atoms with van der Waals surface area (Å²) in [7, 11) is 0. The molecule has 0 spiro atoms. The van der Waals surface area contributed by atoms with Crippen molar-refractivity contribution < 1.29 is 19.5 Å². The van der Waals surface area contributed by atoms with Gasteiger partial charge in [0.25, 0.3) is 0 Å². The molecule has 6 heteroatoms. The van der Waals surface area contributed by atoms with Gasteiger partial charge in [0.1, 0.15) is 0 Å². The Morgan fingerprint density at radius 1 is 1.08 bits per heavy atom. The lowest BCUT2D eigenvalue weighted by molar-refractivity contribution is -0.255. The Labute approximate surface area is 151 Å². The molecule has 26 heavy (non-hydrogen) atoms. The minimum absolute atomic E-state index is 0.0417. The predicted molar refractivity (Wildman–Crippen MR) is 95.8 cm³/mol. The highest BCUT2D eigenvalue weighted by atomic mass is 16.4. The number of carbonyl (C=O) groups excluding carboxylic acids is 3. The van der Waals surface area contributed by atoms with Crippen LogP contribution >= 0.6 is 0 Å². The fourth-order valence-corrected chi connectivity index (χ4v) is 3.17. The average molecular weight is 351 g/mol. The van der Waals surface area contributed by atoms with Crippen molar-refractivity contribution in [2.24, 2.45) is 5.92 Å². The standard InChI is InChI=1S/C20H20N2O4/c1-12-7-13(2)9-17(8-12)22-11-15(10-18(22)23)19(24)21-16-5-3-14(4-6-16)20(25)26/h3-9,15H,10-11H2,1-2H3,(H,21,24)(H,25,26)/p-1/t15-/m0/s1. The van der Waals surface area contributed by atoms with Gasteiger partial charge in [0.15, 0.2) is 0 Å². The maximum Gasteiger partial charge on any atom is 0.229 e. The Balaban J connectivity index is 1.69. The van der Waals surface area contributed by atoms with Crippen LogP contribution in [0.3, 0.4) is 0 Å². The summed E-state index contributed by atoms with van der Waals surface area (Å²) in [4.78, 5) is 37.2. The second-order valence-electron chi connectivity index (χ2n) is 6.61. The van der Waals surface area contributed by atoms with Gasteiger partial charge in [-0.3, -0.25) is 9.59 Å². The smallest absolute Gasteiger partial charge is 0.229 e. The Kier molecular flexibility index (Phi) is 4.75. The summed E-state index contributed by atoms with van der Waals surface area (Å²) in [5.41, 5.74) is 3.46. The quantitative estimate of drug-likeness (QED) is 0.907. The number of carboxylic acid groups (broad SMARTS) is 1. The first kappa shape index (κ1) is 17.7. The monoisotopic (exact) mass is 351 g/mol. The normalized spacial score (nSPS) is 16.6. The number of hydrogen-bond acceptors (Lipinski definition) is 4. The van der Waals surface area contributed by atoms with Crippen LogP contribution in [-0.4, -0.2) is 24.3 Å². The van der Waals surface area contributed by atoms with Gasteiger partial charge in [-0.1, -0.05) is 18.2 Å².